The van der Waals surface area contributed by atoms with Crippen molar-refractivity contribution in [2.45, 2.75) is 63.1 Å². The zero-order valence-electron chi connectivity index (χ0n) is 15.4. The minimum absolute atomic E-state index is 0.395. The highest BCUT2D eigenvalue weighted by atomic mass is 16.2. The summed E-state index contributed by atoms with van der Waals surface area (Å²) in [6.45, 7) is 1.83. The summed E-state index contributed by atoms with van der Waals surface area (Å²) < 4.78 is 0. The Labute approximate surface area is 151 Å². The van der Waals surface area contributed by atoms with Crippen LogP contribution < -0.4 is 10.2 Å². The number of hydrogen-bond donors (Lipinski definition) is 1. The number of para-hydroxylation sites is 1. The summed E-state index contributed by atoms with van der Waals surface area (Å²) in [7, 11) is 2.18. The van der Waals surface area contributed by atoms with Gasteiger partial charge in [-0.1, -0.05) is 18.2 Å². The molecule has 4 rings (SSSR count). The van der Waals surface area contributed by atoms with Crippen molar-refractivity contribution in [3.8, 4) is 0 Å². The van der Waals surface area contributed by atoms with Crippen molar-refractivity contribution in [3.05, 3.63) is 30.3 Å². The molecule has 2 unspecified atom stereocenters. The van der Waals surface area contributed by atoms with Gasteiger partial charge in [0.05, 0.1) is 0 Å². The molecule has 4 heteroatoms. The summed E-state index contributed by atoms with van der Waals surface area (Å²) in [5.41, 5.74) is 1.28. The van der Waals surface area contributed by atoms with Crippen LogP contribution in [0.5, 0.6) is 0 Å². The first-order valence-electron chi connectivity index (χ1n) is 10.0. The van der Waals surface area contributed by atoms with Gasteiger partial charge in [0.25, 0.3) is 0 Å². The van der Waals surface area contributed by atoms with Crippen molar-refractivity contribution < 1.29 is 4.79 Å². The van der Waals surface area contributed by atoms with Gasteiger partial charge in [0, 0.05) is 50.4 Å². The molecule has 3 heterocycles. The molecule has 2 bridgehead atoms. The molecule has 1 aromatic carbocycles. The van der Waals surface area contributed by atoms with Crippen molar-refractivity contribution in [1.29, 1.82) is 0 Å². The first-order valence-corrected chi connectivity index (χ1v) is 10.0. The number of likely N-dealkylation sites (tertiary alicyclic amines) is 1. The maximum absolute atomic E-state index is 12.7. The lowest BCUT2D eigenvalue weighted by Crippen LogP contribution is -2.46. The van der Waals surface area contributed by atoms with E-state index in [1.54, 1.807) is 0 Å². The number of benzene rings is 1. The van der Waals surface area contributed by atoms with E-state index in [-0.39, 0.29) is 0 Å². The number of rotatable bonds is 4. The molecule has 0 saturated carbocycles. The van der Waals surface area contributed by atoms with Gasteiger partial charge < -0.3 is 15.1 Å². The van der Waals surface area contributed by atoms with Crippen LogP contribution in [-0.2, 0) is 4.79 Å². The molecule has 1 aromatic rings. The Morgan fingerprint density at radius 3 is 2.36 bits per heavy atom. The fourth-order valence-electron chi connectivity index (χ4n) is 5.09. The molecule has 3 aliphatic heterocycles. The van der Waals surface area contributed by atoms with Crippen LogP contribution in [-0.4, -0.2) is 49.1 Å². The van der Waals surface area contributed by atoms with E-state index in [0.717, 1.165) is 32.4 Å². The van der Waals surface area contributed by atoms with Crippen LogP contribution in [0, 0.1) is 5.92 Å². The average molecular weight is 341 g/mol. The highest BCUT2D eigenvalue weighted by Gasteiger charge is 2.35. The van der Waals surface area contributed by atoms with Crippen molar-refractivity contribution in [1.82, 2.24) is 10.2 Å². The lowest BCUT2D eigenvalue weighted by atomic mass is 9.89. The normalized spacial score (nSPS) is 29.6. The highest BCUT2D eigenvalue weighted by molar-refractivity contribution is 5.76. The van der Waals surface area contributed by atoms with Gasteiger partial charge in [-0.25, -0.2) is 0 Å². The Morgan fingerprint density at radius 1 is 1.08 bits per heavy atom. The zero-order valence-corrected chi connectivity index (χ0v) is 15.4. The van der Waals surface area contributed by atoms with E-state index in [1.165, 1.54) is 31.4 Å². The van der Waals surface area contributed by atoms with Gasteiger partial charge in [-0.15, -0.1) is 0 Å². The van der Waals surface area contributed by atoms with Gasteiger partial charge in [0.15, 0.2) is 0 Å². The number of amides is 1. The summed E-state index contributed by atoms with van der Waals surface area (Å²) in [6.07, 6.45) is 7.96. The van der Waals surface area contributed by atoms with Gasteiger partial charge in [-0.3, -0.25) is 4.79 Å². The molecule has 3 aliphatic rings. The molecule has 136 valence electrons. The smallest absolute Gasteiger partial charge is 0.222 e. The molecule has 0 aliphatic carbocycles. The fourth-order valence-corrected chi connectivity index (χ4v) is 5.09. The average Bonchev–Trinajstić information content (AvgIpc) is 3.00. The molecule has 2 atom stereocenters. The van der Waals surface area contributed by atoms with Gasteiger partial charge in [0.2, 0.25) is 5.91 Å². The van der Waals surface area contributed by atoms with Gasteiger partial charge in [0.1, 0.15) is 0 Å². The third-order valence-corrected chi connectivity index (χ3v) is 6.56. The maximum atomic E-state index is 12.7. The van der Waals surface area contributed by atoms with Crippen molar-refractivity contribution in [3.63, 3.8) is 0 Å². The van der Waals surface area contributed by atoms with Crippen molar-refractivity contribution in [2.75, 3.05) is 25.0 Å². The predicted octanol–water partition coefficient (Wildman–Crippen LogP) is 3.03. The summed E-state index contributed by atoms with van der Waals surface area (Å²) >= 11 is 0. The van der Waals surface area contributed by atoms with E-state index in [4.69, 9.17) is 0 Å². The Bertz CT molecular complexity index is 570. The molecule has 1 N–H and O–H groups in total. The topological polar surface area (TPSA) is 35.6 Å². The quantitative estimate of drug-likeness (QED) is 0.914. The van der Waals surface area contributed by atoms with Crippen LogP contribution >= 0.6 is 0 Å². The first-order chi connectivity index (χ1) is 12.2. The Balaban J connectivity index is 1.26. The monoisotopic (exact) mass is 341 g/mol. The lowest BCUT2D eigenvalue weighted by molar-refractivity contribution is -0.133. The Morgan fingerprint density at radius 2 is 1.72 bits per heavy atom. The summed E-state index contributed by atoms with van der Waals surface area (Å²) in [4.78, 5) is 17.2. The lowest BCUT2D eigenvalue weighted by Gasteiger charge is -2.38. The predicted molar refractivity (Wildman–Crippen MR) is 102 cm³/mol. The van der Waals surface area contributed by atoms with Crippen LogP contribution in [0.4, 0.5) is 5.69 Å². The summed E-state index contributed by atoms with van der Waals surface area (Å²) in [5.74, 6) is 1.00. The second-order valence-corrected chi connectivity index (χ2v) is 8.24. The van der Waals surface area contributed by atoms with Crippen LogP contribution in [0.25, 0.3) is 0 Å². The standard InChI is InChI=1S/C21H31N3O/c1-23(19-5-3-2-4-6-19)20-9-11-24(12-10-20)21(25)15-16-13-17-7-8-18(14-16)22-17/h2-6,16-18,20,22H,7-15H2,1H3. The SMILES string of the molecule is CN(c1ccccc1)C1CCN(C(=O)CC2CC3CCC(C2)N3)CC1. The van der Waals surface area contributed by atoms with Crippen molar-refractivity contribution in [2.24, 2.45) is 5.92 Å². The van der Waals surface area contributed by atoms with E-state index >= 15 is 0 Å². The fraction of sp³-hybridized carbons (Fsp3) is 0.667. The van der Waals surface area contributed by atoms with E-state index in [1.807, 2.05) is 0 Å². The third kappa shape index (κ3) is 3.84. The molecule has 1 amide bonds. The number of carbonyl (C=O) groups is 1. The molecule has 3 fully saturated rings. The van der Waals surface area contributed by atoms with Crippen LogP contribution in [0.1, 0.15) is 44.9 Å². The molecule has 25 heavy (non-hydrogen) atoms. The molecule has 0 radical (unpaired) electrons. The summed E-state index contributed by atoms with van der Waals surface area (Å²) in [6, 6.07) is 12.5. The Hall–Kier alpha value is -1.55. The molecule has 0 spiro atoms. The second-order valence-electron chi connectivity index (χ2n) is 8.24. The summed E-state index contributed by atoms with van der Waals surface area (Å²) in [5, 5.41) is 3.68. The number of anilines is 1. The highest BCUT2D eigenvalue weighted by Crippen LogP contribution is 2.33. The van der Waals surface area contributed by atoms with E-state index in [0.29, 0.717) is 30.0 Å². The molecule has 0 aromatic heterocycles. The zero-order chi connectivity index (χ0) is 17.2. The van der Waals surface area contributed by atoms with Gasteiger partial charge in [-0.05, 0) is 56.6 Å². The molecular weight excluding hydrogens is 310 g/mol. The second kappa shape index (κ2) is 7.36. The van der Waals surface area contributed by atoms with Crippen LogP contribution in [0.3, 0.4) is 0 Å². The molecular formula is C21H31N3O. The number of piperidine rings is 2. The number of hydrogen-bond acceptors (Lipinski definition) is 3. The van der Waals surface area contributed by atoms with Crippen molar-refractivity contribution >= 4 is 11.6 Å². The molecule has 4 nitrogen and oxygen atoms in total. The van der Waals surface area contributed by atoms with E-state index < -0.39 is 0 Å². The minimum Gasteiger partial charge on any atom is -0.371 e. The van der Waals surface area contributed by atoms with Crippen LogP contribution in [0.2, 0.25) is 0 Å². The number of nitrogens with zero attached hydrogens (tertiary/aromatic N) is 2. The maximum Gasteiger partial charge on any atom is 0.222 e. The van der Waals surface area contributed by atoms with E-state index in [2.05, 4.69) is 52.5 Å². The minimum atomic E-state index is 0.395. The first kappa shape index (κ1) is 16.9. The molecule has 3 saturated heterocycles. The van der Waals surface area contributed by atoms with Crippen LogP contribution in [0.15, 0.2) is 30.3 Å². The number of nitrogens with one attached hydrogen (secondary N) is 1. The number of fused-ring (bicyclic) bond motifs is 2. The van der Waals surface area contributed by atoms with Gasteiger partial charge in [-0.2, -0.15) is 0 Å². The third-order valence-electron chi connectivity index (χ3n) is 6.56. The van der Waals surface area contributed by atoms with E-state index in [9.17, 15) is 4.79 Å². The number of carbonyl (C=O) groups excluding carboxylic acids is 1. The largest absolute Gasteiger partial charge is 0.371 e. The Kier molecular flexibility index (Phi) is 4.98. The van der Waals surface area contributed by atoms with Gasteiger partial charge >= 0.3 is 0 Å².